The third kappa shape index (κ3) is 3.43. The number of amides is 2. The third-order valence-corrected chi connectivity index (χ3v) is 6.00. The maximum Gasteiger partial charge on any atom is 0.239 e. The summed E-state index contributed by atoms with van der Waals surface area (Å²) in [6, 6.07) is 9.67. The summed E-state index contributed by atoms with van der Waals surface area (Å²) in [7, 11) is 0. The molecule has 2 amide bonds. The number of hydrogen-bond donors (Lipinski definition) is 0. The number of hydrogen-bond acceptors (Lipinski definition) is 3. The molecule has 25 heavy (non-hydrogen) atoms. The van der Waals surface area contributed by atoms with E-state index in [0.717, 1.165) is 37.8 Å². The molecule has 1 atom stereocenters. The van der Waals surface area contributed by atoms with Crippen LogP contribution >= 0.6 is 0 Å². The van der Waals surface area contributed by atoms with Gasteiger partial charge in [0, 0.05) is 45.0 Å². The van der Waals surface area contributed by atoms with Crippen LogP contribution in [0.2, 0.25) is 0 Å². The monoisotopic (exact) mass is 341 g/mol. The van der Waals surface area contributed by atoms with Gasteiger partial charge in [-0.2, -0.15) is 0 Å². The Kier molecular flexibility index (Phi) is 4.75. The fourth-order valence-corrected chi connectivity index (χ4v) is 4.19. The van der Waals surface area contributed by atoms with E-state index >= 15 is 0 Å². The van der Waals surface area contributed by atoms with E-state index in [0.29, 0.717) is 13.0 Å². The molecule has 1 aliphatic carbocycles. The van der Waals surface area contributed by atoms with Crippen LogP contribution in [0.4, 0.5) is 5.69 Å². The fourth-order valence-electron chi connectivity index (χ4n) is 4.19. The van der Waals surface area contributed by atoms with Gasteiger partial charge in [0.25, 0.3) is 0 Å². The van der Waals surface area contributed by atoms with Gasteiger partial charge in [0.2, 0.25) is 11.8 Å². The molecule has 0 aromatic heterocycles. The Morgan fingerprint density at radius 1 is 0.960 bits per heavy atom. The van der Waals surface area contributed by atoms with Crippen LogP contribution in [-0.4, -0.2) is 60.9 Å². The van der Waals surface area contributed by atoms with Gasteiger partial charge in [0.05, 0.1) is 0 Å². The average Bonchev–Trinajstić information content (AvgIpc) is 3.00. The first-order valence-corrected chi connectivity index (χ1v) is 9.60. The molecule has 1 unspecified atom stereocenters. The molecule has 4 rings (SSSR count). The van der Waals surface area contributed by atoms with Gasteiger partial charge in [-0.25, -0.2) is 0 Å². The summed E-state index contributed by atoms with van der Waals surface area (Å²) in [6.07, 6.45) is 4.75. The highest BCUT2D eigenvalue weighted by Gasteiger charge is 2.40. The zero-order valence-corrected chi connectivity index (χ0v) is 14.8. The average molecular weight is 341 g/mol. The molecule has 0 spiro atoms. The summed E-state index contributed by atoms with van der Waals surface area (Å²) < 4.78 is 0. The molecule has 0 radical (unpaired) electrons. The molecule has 1 aromatic carbocycles. The van der Waals surface area contributed by atoms with Gasteiger partial charge in [-0.15, -0.1) is 0 Å². The van der Waals surface area contributed by atoms with Gasteiger partial charge >= 0.3 is 0 Å². The van der Waals surface area contributed by atoms with Crippen molar-refractivity contribution in [3.05, 3.63) is 30.3 Å². The van der Waals surface area contributed by atoms with Gasteiger partial charge in [-0.3, -0.25) is 14.5 Å². The fraction of sp³-hybridized carbons (Fsp3) is 0.600. The Hall–Kier alpha value is -1.88. The van der Waals surface area contributed by atoms with E-state index in [9.17, 15) is 9.59 Å². The van der Waals surface area contributed by atoms with Gasteiger partial charge in [-0.1, -0.05) is 24.6 Å². The van der Waals surface area contributed by atoms with Crippen molar-refractivity contribution in [2.24, 2.45) is 11.8 Å². The zero-order chi connectivity index (χ0) is 17.2. The lowest BCUT2D eigenvalue weighted by Gasteiger charge is -2.39. The molecule has 2 saturated heterocycles. The van der Waals surface area contributed by atoms with E-state index in [1.165, 1.54) is 25.8 Å². The minimum Gasteiger partial charge on any atom is -0.339 e. The molecular weight excluding hydrogens is 314 g/mol. The molecule has 3 fully saturated rings. The Morgan fingerprint density at radius 3 is 2.32 bits per heavy atom. The summed E-state index contributed by atoms with van der Waals surface area (Å²) in [5.74, 6) is 0.385. The minimum atomic E-state index is -0.488. The zero-order valence-electron chi connectivity index (χ0n) is 14.8. The molecule has 1 aromatic rings. The predicted octanol–water partition coefficient (Wildman–Crippen LogP) is 1.98. The Morgan fingerprint density at radius 2 is 1.68 bits per heavy atom. The number of nitrogens with zero attached hydrogens (tertiary/aromatic N) is 3. The maximum absolute atomic E-state index is 12.8. The quantitative estimate of drug-likeness (QED) is 0.787. The predicted molar refractivity (Wildman–Crippen MR) is 97.3 cm³/mol. The van der Waals surface area contributed by atoms with Crippen LogP contribution in [0.15, 0.2) is 30.3 Å². The van der Waals surface area contributed by atoms with E-state index < -0.39 is 5.92 Å². The lowest BCUT2D eigenvalue weighted by molar-refractivity contribution is -0.141. The van der Waals surface area contributed by atoms with Crippen LogP contribution in [0.3, 0.4) is 0 Å². The first-order valence-electron chi connectivity index (χ1n) is 9.60. The molecule has 3 aliphatic rings. The molecule has 5 heteroatoms. The van der Waals surface area contributed by atoms with Crippen molar-refractivity contribution < 1.29 is 9.59 Å². The number of anilines is 1. The lowest BCUT2D eigenvalue weighted by atomic mass is 9.85. The maximum atomic E-state index is 12.8. The molecule has 2 aliphatic heterocycles. The molecule has 5 nitrogen and oxygen atoms in total. The van der Waals surface area contributed by atoms with Gasteiger partial charge in [0.15, 0.2) is 0 Å². The normalized spacial score (nSPS) is 25.3. The molecule has 1 saturated carbocycles. The van der Waals surface area contributed by atoms with E-state index in [1.807, 2.05) is 35.2 Å². The topological polar surface area (TPSA) is 43.9 Å². The van der Waals surface area contributed by atoms with Crippen LogP contribution in [0.5, 0.6) is 0 Å². The summed E-state index contributed by atoms with van der Waals surface area (Å²) in [5.41, 5.74) is 0.896. The number of para-hydroxylation sites is 1. The summed E-state index contributed by atoms with van der Waals surface area (Å²) >= 11 is 0. The van der Waals surface area contributed by atoms with Crippen molar-refractivity contribution in [3.63, 3.8) is 0 Å². The number of piperazine rings is 1. The lowest BCUT2D eigenvalue weighted by Crippen LogP contribution is -2.52. The molecule has 2 heterocycles. The smallest absolute Gasteiger partial charge is 0.239 e. The van der Waals surface area contributed by atoms with Crippen LogP contribution in [-0.2, 0) is 9.59 Å². The number of benzene rings is 1. The largest absolute Gasteiger partial charge is 0.339 e. The van der Waals surface area contributed by atoms with Gasteiger partial charge < -0.3 is 9.80 Å². The van der Waals surface area contributed by atoms with E-state index in [1.54, 1.807) is 4.90 Å². The number of carbonyl (C=O) groups excluding carboxylic acids is 2. The van der Waals surface area contributed by atoms with Crippen LogP contribution in [0, 0.1) is 11.8 Å². The first kappa shape index (κ1) is 16.6. The molecule has 0 N–H and O–H groups in total. The van der Waals surface area contributed by atoms with Crippen molar-refractivity contribution in [2.45, 2.75) is 25.7 Å². The van der Waals surface area contributed by atoms with Gasteiger partial charge in [0.1, 0.15) is 5.92 Å². The van der Waals surface area contributed by atoms with Crippen LogP contribution < -0.4 is 4.90 Å². The highest BCUT2D eigenvalue weighted by molar-refractivity contribution is 6.09. The highest BCUT2D eigenvalue weighted by atomic mass is 16.2. The van der Waals surface area contributed by atoms with Gasteiger partial charge in [-0.05, 0) is 37.3 Å². The minimum absolute atomic E-state index is 0.0340. The highest BCUT2D eigenvalue weighted by Crippen LogP contribution is 2.28. The van der Waals surface area contributed by atoms with E-state index in [-0.39, 0.29) is 11.8 Å². The van der Waals surface area contributed by atoms with Crippen molar-refractivity contribution in [2.75, 3.05) is 44.2 Å². The van der Waals surface area contributed by atoms with Crippen molar-refractivity contribution >= 4 is 17.5 Å². The summed E-state index contributed by atoms with van der Waals surface area (Å²) in [4.78, 5) is 31.7. The van der Waals surface area contributed by atoms with Crippen LogP contribution in [0.1, 0.15) is 25.7 Å². The Balaban J connectivity index is 1.32. The SMILES string of the molecule is O=C(C1CCN(c2ccccc2)C1=O)N1CCN(CC2CCC2)CC1. The third-order valence-electron chi connectivity index (χ3n) is 6.00. The second kappa shape index (κ2) is 7.16. The molecule has 0 bridgehead atoms. The number of carbonyl (C=O) groups is 2. The second-order valence-electron chi connectivity index (χ2n) is 7.59. The molecule has 134 valence electrons. The van der Waals surface area contributed by atoms with Crippen molar-refractivity contribution in [1.82, 2.24) is 9.80 Å². The molecular formula is C20H27N3O2. The van der Waals surface area contributed by atoms with Crippen molar-refractivity contribution in [1.29, 1.82) is 0 Å². The number of rotatable bonds is 4. The Bertz CT molecular complexity index is 621. The second-order valence-corrected chi connectivity index (χ2v) is 7.59. The first-order chi connectivity index (χ1) is 12.2. The van der Waals surface area contributed by atoms with Crippen molar-refractivity contribution in [3.8, 4) is 0 Å². The van der Waals surface area contributed by atoms with E-state index in [2.05, 4.69) is 4.90 Å². The van der Waals surface area contributed by atoms with Crippen LogP contribution in [0.25, 0.3) is 0 Å². The Labute approximate surface area is 149 Å². The summed E-state index contributed by atoms with van der Waals surface area (Å²) in [5, 5.41) is 0. The summed E-state index contributed by atoms with van der Waals surface area (Å²) in [6.45, 7) is 5.26. The standard InChI is InChI=1S/C20H27N3O2/c24-19(22-13-11-21(12-14-22)15-16-5-4-6-16)18-9-10-23(20(18)25)17-7-2-1-3-8-17/h1-3,7-8,16,18H,4-6,9-15H2. The van der Waals surface area contributed by atoms with E-state index in [4.69, 9.17) is 0 Å².